The van der Waals surface area contributed by atoms with Crippen molar-refractivity contribution in [2.24, 2.45) is 16.6 Å². The number of aliphatic hydroxyl groups excluding tert-OH is 1. The predicted molar refractivity (Wildman–Crippen MR) is 92.0 cm³/mol. The van der Waals surface area contributed by atoms with Crippen molar-refractivity contribution in [3.63, 3.8) is 0 Å². The van der Waals surface area contributed by atoms with Crippen molar-refractivity contribution >= 4 is 18.3 Å². The van der Waals surface area contributed by atoms with E-state index in [1.807, 2.05) is 0 Å². The maximum atomic E-state index is 12.3. The molecule has 22 heavy (non-hydrogen) atoms. The molecule has 0 saturated heterocycles. The molecular weight excluding hydrogens is 300 g/mol. The molecule has 2 aliphatic rings. The van der Waals surface area contributed by atoms with Gasteiger partial charge in [-0.25, -0.2) is 0 Å². The van der Waals surface area contributed by atoms with Crippen LogP contribution < -0.4 is 11.1 Å². The third-order valence-electron chi connectivity index (χ3n) is 5.85. The van der Waals surface area contributed by atoms with Crippen LogP contribution in [0.15, 0.2) is 0 Å². The average Bonchev–Trinajstić information content (AvgIpc) is 2.49. The standard InChI is InChI=1S/C17H32N2O2.ClH/c1-16(8-6-3-7-14(16)20)13-19-15(21)11-17(12-18)9-4-2-5-10-17;/h14,20H,2-13,18H2,1H3,(H,19,21);1H. The zero-order valence-electron chi connectivity index (χ0n) is 13.9. The summed E-state index contributed by atoms with van der Waals surface area (Å²) in [4.78, 5) is 12.3. The van der Waals surface area contributed by atoms with Gasteiger partial charge in [0.2, 0.25) is 5.91 Å². The van der Waals surface area contributed by atoms with E-state index >= 15 is 0 Å². The van der Waals surface area contributed by atoms with Crippen molar-refractivity contribution < 1.29 is 9.90 Å². The zero-order chi connectivity index (χ0) is 15.3. The molecule has 0 bridgehead atoms. The highest BCUT2D eigenvalue weighted by Gasteiger charge is 2.37. The number of amides is 1. The number of nitrogens with two attached hydrogens (primary N) is 1. The van der Waals surface area contributed by atoms with Crippen LogP contribution in [0.3, 0.4) is 0 Å². The van der Waals surface area contributed by atoms with Crippen LogP contribution in [0.25, 0.3) is 0 Å². The number of hydrogen-bond acceptors (Lipinski definition) is 3. The molecule has 2 unspecified atom stereocenters. The van der Waals surface area contributed by atoms with Gasteiger partial charge in [-0.3, -0.25) is 4.79 Å². The summed E-state index contributed by atoms with van der Waals surface area (Å²) in [5, 5.41) is 13.3. The van der Waals surface area contributed by atoms with Crippen LogP contribution in [0.5, 0.6) is 0 Å². The Morgan fingerprint density at radius 2 is 1.82 bits per heavy atom. The molecule has 2 rings (SSSR count). The van der Waals surface area contributed by atoms with Gasteiger partial charge in [0, 0.05) is 18.4 Å². The van der Waals surface area contributed by atoms with Crippen LogP contribution in [0.2, 0.25) is 0 Å². The molecule has 4 N–H and O–H groups in total. The number of carbonyl (C=O) groups excluding carboxylic acids is 1. The molecule has 130 valence electrons. The zero-order valence-corrected chi connectivity index (χ0v) is 14.7. The number of nitrogens with one attached hydrogen (secondary N) is 1. The van der Waals surface area contributed by atoms with Gasteiger partial charge in [-0.1, -0.05) is 39.0 Å². The molecular formula is C17H33ClN2O2. The Balaban J connectivity index is 0.00000242. The molecule has 2 aliphatic carbocycles. The summed E-state index contributed by atoms with van der Waals surface area (Å²) in [7, 11) is 0. The van der Waals surface area contributed by atoms with E-state index < -0.39 is 0 Å². The fourth-order valence-corrected chi connectivity index (χ4v) is 4.05. The van der Waals surface area contributed by atoms with Crippen LogP contribution >= 0.6 is 12.4 Å². The molecule has 0 radical (unpaired) electrons. The third kappa shape index (κ3) is 4.84. The van der Waals surface area contributed by atoms with Crippen LogP contribution in [0.1, 0.15) is 71.1 Å². The van der Waals surface area contributed by atoms with Crippen molar-refractivity contribution in [2.75, 3.05) is 13.1 Å². The van der Waals surface area contributed by atoms with Crippen LogP contribution in [-0.2, 0) is 4.79 Å². The minimum atomic E-state index is -0.287. The Morgan fingerprint density at radius 3 is 2.41 bits per heavy atom. The van der Waals surface area contributed by atoms with E-state index in [1.165, 1.54) is 19.3 Å². The maximum absolute atomic E-state index is 12.3. The van der Waals surface area contributed by atoms with Gasteiger partial charge in [-0.15, -0.1) is 12.4 Å². The highest BCUT2D eigenvalue weighted by Crippen LogP contribution is 2.39. The van der Waals surface area contributed by atoms with Crippen molar-refractivity contribution in [3.8, 4) is 0 Å². The van der Waals surface area contributed by atoms with E-state index in [4.69, 9.17) is 5.73 Å². The molecule has 0 aromatic heterocycles. The predicted octanol–water partition coefficient (Wildman–Crippen LogP) is 2.76. The van der Waals surface area contributed by atoms with E-state index in [0.717, 1.165) is 38.5 Å². The van der Waals surface area contributed by atoms with Gasteiger partial charge < -0.3 is 16.2 Å². The lowest BCUT2D eigenvalue weighted by Crippen LogP contribution is -2.46. The molecule has 0 spiro atoms. The second-order valence-corrected chi connectivity index (χ2v) is 7.63. The number of hydrogen-bond donors (Lipinski definition) is 3. The van der Waals surface area contributed by atoms with Gasteiger partial charge >= 0.3 is 0 Å². The summed E-state index contributed by atoms with van der Waals surface area (Å²) in [6.07, 6.45) is 10.2. The molecule has 0 aromatic rings. The van der Waals surface area contributed by atoms with E-state index in [9.17, 15) is 9.90 Å². The fraction of sp³-hybridized carbons (Fsp3) is 0.941. The molecule has 0 aromatic carbocycles. The lowest BCUT2D eigenvalue weighted by atomic mass is 9.71. The first-order valence-electron chi connectivity index (χ1n) is 8.65. The Kier molecular flexibility index (Phi) is 7.63. The first-order valence-corrected chi connectivity index (χ1v) is 8.65. The lowest BCUT2D eigenvalue weighted by Gasteiger charge is -2.39. The first kappa shape index (κ1) is 19.7. The second-order valence-electron chi connectivity index (χ2n) is 7.63. The largest absolute Gasteiger partial charge is 0.392 e. The summed E-state index contributed by atoms with van der Waals surface area (Å²) >= 11 is 0. The number of halogens is 1. The third-order valence-corrected chi connectivity index (χ3v) is 5.85. The summed E-state index contributed by atoms with van der Waals surface area (Å²) in [6, 6.07) is 0. The Hall–Kier alpha value is -0.320. The maximum Gasteiger partial charge on any atom is 0.220 e. The number of rotatable bonds is 5. The molecule has 2 fully saturated rings. The minimum absolute atomic E-state index is 0. The molecule has 2 saturated carbocycles. The summed E-state index contributed by atoms with van der Waals surface area (Å²) in [5.41, 5.74) is 5.82. The highest BCUT2D eigenvalue weighted by atomic mass is 35.5. The Bertz CT molecular complexity index is 359. The quantitative estimate of drug-likeness (QED) is 0.724. The van der Waals surface area contributed by atoms with Gasteiger partial charge in [-0.2, -0.15) is 0 Å². The smallest absolute Gasteiger partial charge is 0.220 e. The summed E-state index contributed by atoms with van der Waals surface area (Å²) < 4.78 is 0. The fourth-order valence-electron chi connectivity index (χ4n) is 4.05. The molecule has 1 amide bonds. The molecule has 4 nitrogen and oxygen atoms in total. The molecule has 0 aliphatic heterocycles. The van der Waals surface area contributed by atoms with Crippen molar-refractivity contribution in [1.82, 2.24) is 5.32 Å². The number of aliphatic hydroxyl groups is 1. The van der Waals surface area contributed by atoms with Crippen LogP contribution in [0.4, 0.5) is 0 Å². The highest BCUT2D eigenvalue weighted by molar-refractivity contribution is 5.85. The van der Waals surface area contributed by atoms with Gasteiger partial charge in [-0.05, 0) is 37.6 Å². The van der Waals surface area contributed by atoms with Crippen LogP contribution in [-0.4, -0.2) is 30.2 Å². The normalized spacial score (nSPS) is 31.1. The summed E-state index contributed by atoms with van der Waals surface area (Å²) in [5.74, 6) is 0.112. The van der Waals surface area contributed by atoms with Gasteiger partial charge in [0.25, 0.3) is 0 Å². The van der Waals surface area contributed by atoms with Gasteiger partial charge in [0.05, 0.1) is 6.10 Å². The number of carbonyl (C=O) groups is 1. The minimum Gasteiger partial charge on any atom is -0.392 e. The van der Waals surface area contributed by atoms with Crippen molar-refractivity contribution in [1.29, 1.82) is 0 Å². The average molecular weight is 333 g/mol. The van der Waals surface area contributed by atoms with Gasteiger partial charge in [0.15, 0.2) is 0 Å². The topological polar surface area (TPSA) is 75.4 Å². The lowest BCUT2D eigenvalue weighted by molar-refractivity contribution is -0.125. The van der Waals surface area contributed by atoms with E-state index in [0.29, 0.717) is 19.5 Å². The second kappa shape index (κ2) is 8.51. The Labute approximate surface area is 141 Å². The van der Waals surface area contributed by atoms with Crippen molar-refractivity contribution in [2.45, 2.75) is 77.2 Å². The first-order chi connectivity index (χ1) is 10.00. The molecule has 5 heteroatoms. The Morgan fingerprint density at radius 1 is 1.18 bits per heavy atom. The molecule has 0 heterocycles. The SMILES string of the molecule is CC1(CNC(=O)CC2(CN)CCCCC2)CCCCC1O.Cl. The van der Waals surface area contributed by atoms with Gasteiger partial charge in [0.1, 0.15) is 0 Å². The van der Waals surface area contributed by atoms with Crippen molar-refractivity contribution in [3.05, 3.63) is 0 Å². The monoisotopic (exact) mass is 332 g/mol. The van der Waals surface area contributed by atoms with E-state index in [2.05, 4.69) is 12.2 Å². The van der Waals surface area contributed by atoms with E-state index in [1.54, 1.807) is 0 Å². The van der Waals surface area contributed by atoms with Crippen LogP contribution in [0, 0.1) is 10.8 Å². The van der Waals surface area contributed by atoms with E-state index in [-0.39, 0.29) is 35.2 Å². The molecule has 2 atom stereocenters. The summed E-state index contributed by atoms with van der Waals surface area (Å²) in [6.45, 7) is 3.30.